The molecule has 0 fully saturated rings. The summed E-state index contributed by atoms with van der Waals surface area (Å²) in [5.74, 6) is 0. The maximum atomic E-state index is 11.7. The maximum Gasteiger partial charge on any atom is 0.315 e. The number of nitrogens with one attached hydrogen (secondary N) is 2. The lowest BCUT2D eigenvalue weighted by molar-refractivity contribution is 0.240. The summed E-state index contributed by atoms with van der Waals surface area (Å²) in [6, 6.07) is 8.30. The first-order chi connectivity index (χ1) is 10.0. The molecule has 0 radical (unpaired) electrons. The number of rotatable bonds is 4. The fraction of sp³-hybridized carbons (Fsp3) is 0.143. The number of nitrogens with zero attached hydrogens (tertiary/aromatic N) is 1. The zero-order valence-corrected chi connectivity index (χ0v) is 13.1. The van der Waals surface area contributed by atoms with Crippen molar-refractivity contribution in [1.82, 2.24) is 15.6 Å². The molecule has 0 aliphatic heterocycles. The average Bonchev–Trinajstić information content (AvgIpc) is 2.46. The van der Waals surface area contributed by atoms with Crippen LogP contribution in [-0.4, -0.2) is 11.0 Å². The first kappa shape index (κ1) is 15.9. The second-order valence-electron chi connectivity index (χ2n) is 4.26. The fourth-order valence-corrected chi connectivity index (χ4v) is 2.18. The van der Waals surface area contributed by atoms with Crippen LogP contribution in [0.2, 0.25) is 15.2 Å². The van der Waals surface area contributed by atoms with E-state index in [9.17, 15) is 4.79 Å². The van der Waals surface area contributed by atoms with Crippen molar-refractivity contribution in [3.05, 3.63) is 62.9 Å². The van der Waals surface area contributed by atoms with Gasteiger partial charge in [-0.05, 0) is 29.3 Å². The van der Waals surface area contributed by atoms with Crippen molar-refractivity contribution in [2.45, 2.75) is 13.1 Å². The molecule has 0 spiro atoms. The molecule has 21 heavy (non-hydrogen) atoms. The van der Waals surface area contributed by atoms with Gasteiger partial charge in [-0.3, -0.25) is 0 Å². The molecular formula is C14H12Cl3N3O. The molecule has 1 heterocycles. The molecule has 0 saturated carbocycles. The van der Waals surface area contributed by atoms with Crippen LogP contribution in [0.1, 0.15) is 11.1 Å². The second kappa shape index (κ2) is 7.50. The predicted molar refractivity (Wildman–Crippen MR) is 84.8 cm³/mol. The van der Waals surface area contributed by atoms with Gasteiger partial charge in [0.15, 0.2) is 0 Å². The lowest BCUT2D eigenvalue weighted by atomic mass is 10.2. The highest BCUT2D eigenvalue weighted by atomic mass is 35.5. The molecule has 0 unspecified atom stereocenters. The zero-order valence-electron chi connectivity index (χ0n) is 10.9. The van der Waals surface area contributed by atoms with E-state index in [1.54, 1.807) is 36.5 Å². The number of carbonyl (C=O) groups is 1. The number of pyridine rings is 1. The summed E-state index contributed by atoms with van der Waals surface area (Å²) in [5, 5.41) is 6.93. The minimum absolute atomic E-state index is 0.295. The minimum atomic E-state index is -0.295. The van der Waals surface area contributed by atoms with Crippen LogP contribution in [0, 0.1) is 0 Å². The van der Waals surface area contributed by atoms with E-state index in [0.29, 0.717) is 28.3 Å². The first-order valence-electron chi connectivity index (χ1n) is 6.10. The summed E-state index contributed by atoms with van der Waals surface area (Å²) in [5.41, 5.74) is 1.66. The van der Waals surface area contributed by atoms with E-state index in [-0.39, 0.29) is 6.03 Å². The van der Waals surface area contributed by atoms with E-state index < -0.39 is 0 Å². The predicted octanol–water partition coefficient (Wildman–Crippen LogP) is 4.04. The number of aromatic nitrogens is 1. The van der Waals surface area contributed by atoms with Crippen molar-refractivity contribution in [3.8, 4) is 0 Å². The Bertz CT molecular complexity index is 632. The number of amides is 2. The van der Waals surface area contributed by atoms with E-state index in [2.05, 4.69) is 15.6 Å². The molecule has 0 saturated heterocycles. The monoisotopic (exact) mass is 343 g/mol. The molecule has 2 aromatic rings. The average molecular weight is 345 g/mol. The van der Waals surface area contributed by atoms with Crippen LogP contribution in [0.3, 0.4) is 0 Å². The number of hydrogen-bond donors (Lipinski definition) is 2. The van der Waals surface area contributed by atoms with Gasteiger partial charge in [-0.15, -0.1) is 0 Å². The quantitative estimate of drug-likeness (QED) is 0.822. The van der Waals surface area contributed by atoms with Crippen LogP contribution < -0.4 is 10.6 Å². The molecule has 0 aliphatic carbocycles. The van der Waals surface area contributed by atoms with Crippen molar-refractivity contribution in [3.63, 3.8) is 0 Å². The number of hydrogen-bond acceptors (Lipinski definition) is 2. The highest BCUT2D eigenvalue weighted by Gasteiger charge is 2.04. The van der Waals surface area contributed by atoms with E-state index in [1.165, 1.54) is 0 Å². The summed E-state index contributed by atoms with van der Waals surface area (Å²) < 4.78 is 0. The minimum Gasteiger partial charge on any atom is -0.334 e. The van der Waals surface area contributed by atoms with Gasteiger partial charge in [0.05, 0.1) is 0 Å². The van der Waals surface area contributed by atoms with Crippen molar-refractivity contribution < 1.29 is 4.79 Å². The maximum absolute atomic E-state index is 11.7. The highest BCUT2D eigenvalue weighted by molar-refractivity contribution is 6.35. The number of benzene rings is 1. The summed E-state index contributed by atoms with van der Waals surface area (Å²) in [6.45, 7) is 0.686. The number of halogens is 3. The summed E-state index contributed by atoms with van der Waals surface area (Å²) >= 11 is 17.5. The molecule has 4 nitrogen and oxygen atoms in total. The van der Waals surface area contributed by atoms with Gasteiger partial charge in [-0.25, -0.2) is 9.78 Å². The smallest absolute Gasteiger partial charge is 0.315 e. The van der Waals surface area contributed by atoms with Crippen LogP contribution in [0.5, 0.6) is 0 Å². The second-order valence-corrected chi connectivity index (χ2v) is 5.49. The molecule has 110 valence electrons. The van der Waals surface area contributed by atoms with Gasteiger partial charge >= 0.3 is 6.03 Å². The van der Waals surface area contributed by atoms with Gasteiger partial charge in [0.2, 0.25) is 0 Å². The SMILES string of the molecule is O=C(NCc1ccc(Cl)nc1)NCc1ccc(Cl)cc1Cl. The lowest BCUT2D eigenvalue weighted by Gasteiger charge is -2.09. The van der Waals surface area contributed by atoms with Crippen LogP contribution in [-0.2, 0) is 13.1 Å². The van der Waals surface area contributed by atoms with Crippen molar-refractivity contribution in [1.29, 1.82) is 0 Å². The van der Waals surface area contributed by atoms with Gasteiger partial charge in [-0.2, -0.15) is 0 Å². The Balaban J connectivity index is 1.80. The van der Waals surface area contributed by atoms with Crippen molar-refractivity contribution in [2.24, 2.45) is 0 Å². The largest absolute Gasteiger partial charge is 0.334 e. The third-order valence-corrected chi connectivity index (χ3v) is 3.51. The molecule has 0 atom stereocenters. The Morgan fingerprint density at radius 3 is 2.48 bits per heavy atom. The van der Waals surface area contributed by atoms with E-state index >= 15 is 0 Å². The number of urea groups is 1. The molecule has 2 amide bonds. The standard InChI is InChI=1S/C14H12Cl3N3O/c15-11-3-2-10(12(16)5-11)8-20-14(21)19-7-9-1-4-13(17)18-6-9/h1-6H,7-8H2,(H2,19,20,21). The molecule has 0 aliphatic rings. The Kier molecular flexibility index (Phi) is 5.67. The molecule has 7 heteroatoms. The fourth-order valence-electron chi connectivity index (χ4n) is 1.60. The van der Waals surface area contributed by atoms with Crippen LogP contribution in [0.25, 0.3) is 0 Å². The molecule has 2 rings (SSSR count). The summed E-state index contributed by atoms with van der Waals surface area (Å²) in [7, 11) is 0. The van der Waals surface area contributed by atoms with Gasteiger partial charge < -0.3 is 10.6 Å². The Labute approximate surface area is 137 Å². The normalized spacial score (nSPS) is 10.2. The van der Waals surface area contributed by atoms with Gasteiger partial charge in [0.25, 0.3) is 0 Å². The van der Waals surface area contributed by atoms with Crippen LogP contribution in [0.4, 0.5) is 4.79 Å². The summed E-state index contributed by atoms with van der Waals surface area (Å²) in [6.07, 6.45) is 1.61. The van der Waals surface area contributed by atoms with Crippen LogP contribution >= 0.6 is 34.8 Å². The summed E-state index contributed by atoms with van der Waals surface area (Å²) in [4.78, 5) is 15.6. The highest BCUT2D eigenvalue weighted by Crippen LogP contribution is 2.20. The first-order valence-corrected chi connectivity index (χ1v) is 7.24. The lowest BCUT2D eigenvalue weighted by Crippen LogP contribution is -2.34. The van der Waals surface area contributed by atoms with E-state index in [0.717, 1.165) is 11.1 Å². The topological polar surface area (TPSA) is 54.0 Å². The van der Waals surface area contributed by atoms with Gasteiger partial charge in [0.1, 0.15) is 5.15 Å². The Hall–Kier alpha value is -1.49. The molecule has 2 N–H and O–H groups in total. The Morgan fingerprint density at radius 2 is 1.81 bits per heavy atom. The van der Waals surface area contributed by atoms with E-state index in [4.69, 9.17) is 34.8 Å². The van der Waals surface area contributed by atoms with Crippen molar-refractivity contribution >= 4 is 40.8 Å². The molecular weight excluding hydrogens is 333 g/mol. The third kappa shape index (κ3) is 5.08. The Morgan fingerprint density at radius 1 is 1.05 bits per heavy atom. The zero-order chi connectivity index (χ0) is 15.2. The molecule has 1 aromatic carbocycles. The van der Waals surface area contributed by atoms with Crippen LogP contribution in [0.15, 0.2) is 36.5 Å². The molecule has 0 bridgehead atoms. The van der Waals surface area contributed by atoms with Gasteiger partial charge in [-0.1, -0.05) is 46.9 Å². The number of carbonyl (C=O) groups excluding carboxylic acids is 1. The van der Waals surface area contributed by atoms with E-state index in [1.807, 2.05) is 0 Å². The van der Waals surface area contributed by atoms with Crippen molar-refractivity contribution in [2.75, 3.05) is 0 Å². The third-order valence-electron chi connectivity index (χ3n) is 2.70. The molecule has 1 aromatic heterocycles. The van der Waals surface area contributed by atoms with Gasteiger partial charge in [0, 0.05) is 29.3 Å².